The van der Waals surface area contributed by atoms with Crippen molar-refractivity contribution in [1.82, 2.24) is 10.9 Å². The van der Waals surface area contributed by atoms with Crippen molar-refractivity contribution in [3.05, 3.63) is 83.4 Å². The van der Waals surface area contributed by atoms with E-state index >= 15 is 0 Å². The molecule has 0 saturated carbocycles. The smallest absolute Gasteiger partial charge is 0.269 e. The normalized spacial score (nSPS) is 10.8. The van der Waals surface area contributed by atoms with E-state index in [1.807, 2.05) is 32.0 Å². The first-order chi connectivity index (χ1) is 15.7. The number of sulfonamides is 1. The zero-order valence-electron chi connectivity index (χ0n) is 18.3. The number of amides is 1. The Balaban J connectivity index is 1.63. The van der Waals surface area contributed by atoms with Crippen LogP contribution in [0.3, 0.4) is 0 Å². The number of nitrogens with one attached hydrogen (secondary N) is 4. The fourth-order valence-electron chi connectivity index (χ4n) is 2.84. The Morgan fingerprint density at radius 1 is 0.879 bits per heavy atom. The van der Waals surface area contributed by atoms with Gasteiger partial charge in [0.2, 0.25) is 0 Å². The zero-order valence-corrected chi connectivity index (χ0v) is 19.9. The molecule has 0 heterocycles. The molecule has 172 valence electrons. The number of anilines is 2. The fraction of sp³-hybridized carbons (Fsp3) is 0.130. The van der Waals surface area contributed by atoms with Gasteiger partial charge in [0.05, 0.1) is 12.0 Å². The molecule has 3 aromatic rings. The lowest BCUT2D eigenvalue weighted by Crippen LogP contribution is -2.43. The van der Waals surface area contributed by atoms with Gasteiger partial charge in [-0.2, -0.15) is 0 Å². The first-order valence-corrected chi connectivity index (χ1v) is 11.8. The van der Waals surface area contributed by atoms with Crippen molar-refractivity contribution in [2.24, 2.45) is 0 Å². The summed E-state index contributed by atoms with van der Waals surface area (Å²) in [5, 5.41) is 3.17. The van der Waals surface area contributed by atoms with Crippen LogP contribution in [-0.2, 0) is 10.0 Å². The van der Waals surface area contributed by atoms with Gasteiger partial charge in [-0.15, -0.1) is 0 Å². The molecule has 0 atom stereocenters. The highest BCUT2D eigenvalue weighted by Gasteiger charge is 2.17. The van der Waals surface area contributed by atoms with Crippen LogP contribution in [0.25, 0.3) is 0 Å². The van der Waals surface area contributed by atoms with E-state index in [1.165, 1.54) is 31.4 Å². The van der Waals surface area contributed by atoms with Crippen molar-refractivity contribution in [3.63, 3.8) is 0 Å². The van der Waals surface area contributed by atoms with Gasteiger partial charge in [-0.1, -0.05) is 12.1 Å². The molecule has 4 N–H and O–H groups in total. The molecule has 0 radical (unpaired) electrons. The van der Waals surface area contributed by atoms with Crippen molar-refractivity contribution < 1.29 is 17.9 Å². The Labute approximate surface area is 198 Å². The molecule has 3 aromatic carbocycles. The predicted octanol–water partition coefficient (Wildman–Crippen LogP) is 3.74. The van der Waals surface area contributed by atoms with Crippen molar-refractivity contribution in [1.29, 1.82) is 0 Å². The number of benzene rings is 3. The summed E-state index contributed by atoms with van der Waals surface area (Å²) in [6.45, 7) is 4.00. The first-order valence-electron chi connectivity index (χ1n) is 9.89. The quantitative estimate of drug-likeness (QED) is 0.312. The summed E-state index contributed by atoms with van der Waals surface area (Å²) < 4.78 is 33.0. The zero-order chi connectivity index (χ0) is 24.0. The lowest BCUT2D eigenvalue weighted by atomic mass is 10.1. The van der Waals surface area contributed by atoms with Crippen LogP contribution in [0.5, 0.6) is 5.75 Å². The fourth-order valence-corrected chi connectivity index (χ4v) is 4.12. The van der Waals surface area contributed by atoms with Crippen molar-refractivity contribution in [2.75, 3.05) is 17.1 Å². The number of methoxy groups -OCH3 is 1. The minimum Gasteiger partial charge on any atom is -0.497 e. The maximum absolute atomic E-state index is 12.7. The third kappa shape index (κ3) is 6.43. The molecule has 0 bridgehead atoms. The van der Waals surface area contributed by atoms with Gasteiger partial charge in [-0.05, 0) is 91.8 Å². The Morgan fingerprint density at radius 2 is 1.58 bits per heavy atom. The van der Waals surface area contributed by atoms with Gasteiger partial charge >= 0.3 is 0 Å². The van der Waals surface area contributed by atoms with Gasteiger partial charge in [0.1, 0.15) is 5.75 Å². The minimum absolute atomic E-state index is 0.0539. The van der Waals surface area contributed by atoms with Gasteiger partial charge in [-0.3, -0.25) is 20.4 Å². The molecule has 0 aliphatic carbocycles. The van der Waals surface area contributed by atoms with E-state index in [0.717, 1.165) is 16.8 Å². The van der Waals surface area contributed by atoms with Gasteiger partial charge < -0.3 is 10.1 Å². The molecule has 0 fully saturated rings. The van der Waals surface area contributed by atoms with Crippen LogP contribution in [0.2, 0.25) is 0 Å². The second-order valence-corrected chi connectivity index (χ2v) is 9.28. The lowest BCUT2D eigenvalue weighted by molar-refractivity contribution is 0.0944. The molecule has 0 aromatic heterocycles. The molecule has 0 aliphatic heterocycles. The number of hydrazine groups is 1. The van der Waals surface area contributed by atoms with Crippen LogP contribution >= 0.6 is 12.2 Å². The second kappa shape index (κ2) is 10.3. The Kier molecular flexibility index (Phi) is 7.52. The summed E-state index contributed by atoms with van der Waals surface area (Å²) in [6.07, 6.45) is 0. The van der Waals surface area contributed by atoms with Crippen LogP contribution in [0.1, 0.15) is 21.5 Å². The highest BCUT2D eigenvalue weighted by molar-refractivity contribution is 7.92. The van der Waals surface area contributed by atoms with Crippen LogP contribution in [0.15, 0.2) is 71.6 Å². The third-order valence-corrected chi connectivity index (χ3v) is 6.39. The number of carbonyl (C=O) groups excluding carboxylic acids is 1. The number of rotatable bonds is 6. The Morgan fingerprint density at radius 3 is 2.24 bits per heavy atom. The molecule has 1 amide bonds. The van der Waals surface area contributed by atoms with Crippen molar-refractivity contribution >= 4 is 44.6 Å². The second-order valence-electron chi connectivity index (χ2n) is 7.19. The van der Waals surface area contributed by atoms with Gasteiger partial charge in [0.25, 0.3) is 15.9 Å². The van der Waals surface area contributed by atoms with Crippen LogP contribution in [-0.4, -0.2) is 26.5 Å². The number of hydrogen-bond donors (Lipinski definition) is 4. The molecule has 0 spiro atoms. The predicted molar refractivity (Wildman–Crippen MR) is 133 cm³/mol. The van der Waals surface area contributed by atoms with Crippen molar-refractivity contribution in [2.45, 2.75) is 18.7 Å². The number of thiocarbonyl (C=S) groups is 1. The summed E-state index contributed by atoms with van der Waals surface area (Å²) in [4.78, 5) is 12.5. The summed E-state index contributed by atoms with van der Waals surface area (Å²) in [5.74, 6) is 0.0646. The van der Waals surface area contributed by atoms with Crippen LogP contribution < -0.4 is 25.6 Å². The largest absolute Gasteiger partial charge is 0.497 e. The molecule has 10 heteroatoms. The maximum atomic E-state index is 12.7. The van der Waals surface area contributed by atoms with E-state index in [9.17, 15) is 13.2 Å². The van der Waals surface area contributed by atoms with Gasteiger partial charge in [-0.25, -0.2) is 8.42 Å². The van der Waals surface area contributed by atoms with E-state index in [0.29, 0.717) is 11.4 Å². The van der Waals surface area contributed by atoms with Gasteiger partial charge in [0.15, 0.2) is 5.11 Å². The molecule has 8 nitrogen and oxygen atoms in total. The highest BCUT2D eigenvalue weighted by Crippen LogP contribution is 2.20. The Bertz CT molecular complexity index is 1280. The molecule has 3 rings (SSSR count). The van der Waals surface area contributed by atoms with Crippen LogP contribution in [0, 0.1) is 13.8 Å². The highest BCUT2D eigenvalue weighted by atomic mass is 32.2. The first kappa shape index (κ1) is 24.0. The summed E-state index contributed by atoms with van der Waals surface area (Å²) in [6, 6.07) is 17.9. The Hall–Kier alpha value is -3.63. The summed E-state index contributed by atoms with van der Waals surface area (Å²) in [7, 11) is -2.37. The van der Waals surface area contributed by atoms with E-state index in [-0.39, 0.29) is 15.6 Å². The molecular formula is C23H24N4O4S2. The average Bonchev–Trinajstić information content (AvgIpc) is 2.80. The molecular weight excluding hydrogens is 460 g/mol. The molecule has 0 unspecified atom stereocenters. The van der Waals surface area contributed by atoms with Gasteiger partial charge in [0, 0.05) is 16.9 Å². The van der Waals surface area contributed by atoms with E-state index < -0.39 is 15.9 Å². The summed E-state index contributed by atoms with van der Waals surface area (Å²) >= 11 is 5.20. The molecule has 0 aliphatic rings. The SMILES string of the molecule is COc1ccc(NS(=O)(=O)c2cccc(C(=O)NNC(=S)Nc3ccc(C)c(C)c3)c2)cc1. The summed E-state index contributed by atoms with van der Waals surface area (Å²) in [5.41, 5.74) is 8.64. The number of carbonyl (C=O) groups is 1. The average molecular weight is 485 g/mol. The maximum Gasteiger partial charge on any atom is 0.269 e. The minimum atomic E-state index is -3.90. The third-order valence-electron chi connectivity index (χ3n) is 4.80. The monoisotopic (exact) mass is 484 g/mol. The standard InChI is InChI=1S/C23H24N4O4S2/c1-15-7-8-19(13-16(15)2)24-23(32)26-25-22(28)17-5-4-6-21(14-17)33(29,30)27-18-9-11-20(31-3)12-10-18/h4-14,27H,1-3H3,(H,25,28)(H2,24,26,32). The molecule has 0 saturated heterocycles. The van der Waals surface area contributed by atoms with E-state index in [4.69, 9.17) is 17.0 Å². The van der Waals surface area contributed by atoms with E-state index in [1.54, 1.807) is 24.3 Å². The number of hydrogen-bond acceptors (Lipinski definition) is 5. The number of ether oxygens (including phenoxy) is 1. The molecule has 33 heavy (non-hydrogen) atoms. The van der Waals surface area contributed by atoms with Crippen molar-refractivity contribution in [3.8, 4) is 5.75 Å². The lowest BCUT2D eigenvalue weighted by Gasteiger charge is -2.13. The van der Waals surface area contributed by atoms with Crippen LogP contribution in [0.4, 0.5) is 11.4 Å². The topological polar surface area (TPSA) is 109 Å². The van der Waals surface area contributed by atoms with E-state index in [2.05, 4.69) is 20.9 Å². The number of aryl methyl sites for hydroxylation is 2.